The molecule has 0 atom stereocenters. The van der Waals surface area contributed by atoms with Gasteiger partial charge in [0.1, 0.15) is 0 Å². The number of ether oxygens (including phenoxy) is 2. The van der Waals surface area contributed by atoms with Crippen molar-refractivity contribution in [1.82, 2.24) is 4.98 Å². The van der Waals surface area contributed by atoms with Gasteiger partial charge in [-0.15, -0.1) is 0 Å². The maximum atomic E-state index is 13.4. The van der Waals surface area contributed by atoms with Gasteiger partial charge in [-0.1, -0.05) is 6.07 Å². The Balaban J connectivity index is 1.99. The summed E-state index contributed by atoms with van der Waals surface area (Å²) in [6.45, 7) is 2.14. The Morgan fingerprint density at radius 1 is 1.09 bits per heavy atom. The largest absolute Gasteiger partial charge is 0.490 e. The molecule has 0 bridgehead atoms. The van der Waals surface area contributed by atoms with E-state index in [1.807, 2.05) is 6.07 Å². The average Bonchev–Trinajstić information content (AvgIpc) is 2.82. The number of hydrogen-bond acceptors (Lipinski definition) is 7. The molecule has 0 aliphatic rings. The fourth-order valence-corrected chi connectivity index (χ4v) is 3.07. The van der Waals surface area contributed by atoms with Crippen LogP contribution in [0.15, 0.2) is 67.0 Å². The van der Waals surface area contributed by atoms with Crippen LogP contribution in [0.3, 0.4) is 0 Å². The molecule has 0 fully saturated rings. The first-order valence-electron chi connectivity index (χ1n) is 9.75. The number of rotatable bonds is 8. The van der Waals surface area contributed by atoms with E-state index in [0.29, 0.717) is 11.3 Å². The minimum Gasteiger partial charge on any atom is -0.490 e. The number of benzene rings is 2. The van der Waals surface area contributed by atoms with Gasteiger partial charge in [0.25, 0.3) is 5.91 Å². The van der Waals surface area contributed by atoms with Crippen LogP contribution in [0.4, 0.5) is 11.4 Å². The van der Waals surface area contributed by atoms with Crippen molar-refractivity contribution < 1.29 is 24.0 Å². The third-order valence-electron chi connectivity index (χ3n) is 4.62. The number of aromatic nitrogens is 1. The first-order valence-corrected chi connectivity index (χ1v) is 9.75. The van der Waals surface area contributed by atoms with Gasteiger partial charge in [0.15, 0.2) is 5.75 Å². The highest BCUT2D eigenvalue weighted by molar-refractivity contribution is 6.06. The van der Waals surface area contributed by atoms with E-state index >= 15 is 0 Å². The van der Waals surface area contributed by atoms with Gasteiger partial charge < -0.3 is 14.4 Å². The zero-order valence-corrected chi connectivity index (χ0v) is 17.6. The van der Waals surface area contributed by atoms with Crippen LogP contribution in [-0.4, -0.2) is 35.5 Å². The quantitative estimate of drug-likeness (QED) is 0.298. The minimum absolute atomic E-state index is 0.0594. The van der Waals surface area contributed by atoms with Crippen LogP contribution in [0.2, 0.25) is 0 Å². The molecular formula is C23H21N3O6. The summed E-state index contributed by atoms with van der Waals surface area (Å²) in [6, 6.07) is 14.0. The molecule has 0 spiro atoms. The molecule has 0 saturated carbocycles. The summed E-state index contributed by atoms with van der Waals surface area (Å²) in [5, 5.41) is 11.4. The topological polar surface area (TPSA) is 112 Å². The van der Waals surface area contributed by atoms with E-state index in [4.69, 9.17) is 9.47 Å². The van der Waals surface area contributed by atoms with Gasteiger partial charge in [-0.2, -0.15) is 0 Å². The Kier molecular flexibility index (Phi) is 7.12. The molecule has 1 heterocycles. The van der Waals surface area contributed by atoms with Gasteiger partial charge in [-0.25, -0.2) is 4.79 Å². The number of esters is 1. The summed E-state index contributed by atoms with van der Waals surface area (Å²) < 4.78 is 10.0. The van der Waals surface area contributed by atoms with Gasteiger partial charge >= 0.3 is 11.7 Å². The van der Waals surface area contributed by atoms with Gasteiger partial charge in [0, 0.05) is 29.7 Å². The van der Waals surface area contributed by atoms with Crippen LogP contribution in [-0.2, 0) is 11.3 Å². The van der Waals surface area contributed by atoms with E-state index in [0.717, 1.165) is 5.56 Å². The molecule has 0 aliphatic carbocycles. The van der Waals surface area contributed by atoms with Gasteiger partial charge in [0.2, 0.25) is 0 Å². The number of methoxy groups -OCH3 is 1. The smallest absolute Gasteiger partial charge is 0.338 e. The van der Waals surface area contributed by atoms with E-state index in [9.17, 15) is 19.7 Å². The predicted octanol–water partition coefficient (Wildman–Crippen LogP) is 4.02. The highest BCUT2D eigenvalue weighted by Crippen LogP contribution is 2.29. The molecule has 2 aromatic carbocycles. The van der Waals surface area contributed by atoms with Crippen LogP contribution >= 0.6 is 0 Å². The number of carbonyl (C=O) groups is 2. The van der Waals surface area contributed by atoms with Gasteiger partial charge in [-0.3, -0.25) is 19.9 Å². The third-order valence-corrected chi connectivity index (χ3v) is 4.62. The Labute approximate surface area is 184 Å². The first kappa shape index (κ1) is 22.4. The summed E-state index contributed by atoms with van der Waals surface area (Å²) in [7, 11) is 1.32. The normalized spacial score (nSPS) is 10.3. The van der Waals surface area contributed by atoms with Crippen LogP contribution < -0.4 is 9.64 Å². The maximum absolute atomic E-state index is 13.4. The highest BCUT2D eigenvalue weighted by atomic mass is 16.6. The second-order valence-electron chi connectivity index (χ2n) is 6.66. The molecule has 9 heteroatoms. The summed E-state index contributed by atoms with van der Waals surface area (Å²) in [5.74, 6) is -0.859. The second kappa shape index (κ2) is 10.2. The summed E-state index contributed by atoms with van der Waals surface area (Å²) in [4.78, 5) is 41.7. The van der Waals surface area contributed by atoms with Crippen LogP contribution in [0, 0.1) is 10.1 Å². The second-order valence-corrected chi connectivity index (χ2v) is 6.66. The van der Waals surface area contributed by atoms with Crippen molar-refractivity contribution in [1.29, 1.82) is 0 Å². The summed E-state index contributed by atoms with van der Waals surface area (Å²) in [5.41, 5.74) is 1.43. The zero-order chi connectivity index (χ0) is 23.1. The molecule has 0 aliphatic heterocycles. The number of nitro benzene ring substituents is 1. The Morgan fingerprint density at radius 3 is 2.41 bits per heavy atom. The number of anilines is 1. The van der Waals surface area contributed by atoms with Crippen molar-refractivity contribution in [3.05, 3.63) is 93.8 Å². The summed E-state index contributed by atoms with van der Waals surface area (Å²) in [6.07, 6.45) is 3.25. The summed E-state index contributed by atoms with van der Waals surface area (Å²) >= 11 is 0. The lowest BCUT2D eigenvalue weighted by molar-refractivity contribution is -0.385. The fourth-order valence-electron chi connectivity index (χ4n) is 3.07. The van der Waals surface area contributed by atoms with Crippen molar-refractivity contribution in [2.45, 2.75) is 13.5 Å². The lowest BCUT2D eigenvalue weighted by Crippen LogP contribution is -2.30. The van der Waals surface area contributed by atoms with E-state index in [1.165, 1.54) is 30.2 Å². The number of nitro groups is 1. The predicted molar refractivity (Wildman–Crippen MR) is 117 cm³/mol. The SMILES string of the molecule is CCOC(=O)c1ccc(N(Cc2cccnc2)C(=O)c2ccc(OC)c([N+](=O)[O-])c2)cc1. The van der Waals surface area contributed by atoms with Gasteiger partial charge in [0.05, 0.1) is 30.7 Å². The molecule has 0 saturated heterocycles. The van der Waals surface area contributed by atoms with Crippen LogP contribution in [0.5, 0.6) is 5.75 Å². The lowest BCUT2D eigenvalue weighted by atomic mass is 10.1. The van der Waals surface area contributed by atoms with Crippen molar-refractivity contribution in [3.8, 4) is 5.75 Å². The maximum Gasteiger partial charge on any atom is 0.338 e. The van der Waals surface area contributed by atoms with Crippen molar-refractivity contribution in [2.24, 2.45) is 0 Å². The third kappa shape index (κ3) is 5.07. The first-order chi connectivity index (χ1) is 15.4. The zero-order valence-electron chi connectivity index (χ0n) is 17.6. The number of hydrogen-bond donors (Lipinski definition) is 0. The monoisotopic (exact) mass is 435 g/mol. The molecule has 3 rings (SSSR count). The lowest BCUT2D eigenvalue weighted by Gasteiger charge is -2.23. The van der Waals surface area contributed by atoms with E-state index in [2.05, 4.69) is 4.98 Å². The standard InChI is InChI=1S/C23H21N3O6/c1-3-32-23(28)17-6-9-19(10-7-17)25(15-16-5-4-12-24-14-16)22(27)18-8-11-21(31-2)20(13-18)26(29)30/h4-14H,3,15H2,1-2H3. The molecule has 32 heavy (non-hydrogen) atoms. The van der Waals surface area contributed by atoms with Crippen molar-refractivity contribution >= 4 is 23.3 Å². The molecule has 1 amide bonds. The molecule has 3 aromatic rings. The molecule has 164 valence electrons. The highest BCUT2D eigenvalue weighted by Gasteiger charge is 2.23. The van der Waals surface area contributed by atoms with E-state index in [-0.39, 0.29) is 30.2 Å². The fraction of sp³-hybridized carbons (Fsp3) is 0.174. The number of pyridine rings is 1. The molecule has 1 aromatic heterocycles. The number of carbonyl (C=O) groups excluding carboxylic acids is 2. The minimum atomic E-state index is -0.602. The van der Waals surface area contributed by atoms with E-state index < -0.39 is 16.8 Å². The van der Waals surface area contributed by atoms with E-state index in [1.54, 1.807) is 49.6 Å². The number of nitrogens with zero attached hydrogens (tertiary/aromatic N) is 3. The van der Waals surface area contributed by atoms with Crippen molar-refractivity contribution in [2.75, 3.05) is 18.6 Å². The van der Waals surface area contributed by atoms with Crippen LogP contribution in [0.1, 0.15) is 33.2 Å². The van der Waals surface area contributed by atoms with Crippen molar-refractivity contribution in [3.63, 3.8) is 0 Å². The molecule has 0 radical (unpaired) electrons. The Hall–Kier alpha value is -4.27. The average molecular weight is 435 g/mol. The van der Waals surface area contributed by atoms with Crippen LogP contribution in [0.25, 0.3) is 0 Å². The Bertz CT molecular complexity index is 1120. The Morgan fingerprint density at radius 2 is 1.81 bits per heavy atom. The molecule has 0 N–H and O–H groups in total. The molecule has 9 nitrogen and oxygen atoms in total. The molecular weight excluding hydrogens is 414 g/mol. The van der Waals surface area contributed by atoms with Gasteiger partial charge in [-0.05, 0) is 55.0 Å². The molecule has 0 unspecified atom stereocenters. The number of amides is 1.